The van der Waals surface area contributed by atoms with E-state index >= 15 is 0 Å². The molecule has 0 radical (unpaired) electrons. The summed E-state index contributed by atoms with van der Waals surface area (Å²) in [5.41, 5.74) is 3.08. The Morgan fingerprint density at radius 2 is 1.90 bits per heavy atom. The van der Waals surface area contributed by atoms with Gasteiger partial charge in [0.25, 0.3) is 0 Å². The molecule has 5 atom stereocenters. The van der Waals surface area contributed by atoms with Gasteiger partial charge in [-0.15, -0.1) is 0 Å². The van der Waals surface area contributed by atoms with E-state index in [2.05, 4.69) is 41.9 Å². The number of ether oxygens (including phenoxy) is 2. The largest absolute Gasteiger partial charge is 0.497 e. The number of hydrogen-bond donors (Lipinski definition) is 0. The third-order valence-corrected chi connectivity index (χ3v) is 8.35. The van der Waals surface area contributed by atoms with Crippen molar-refractivity contribution < 1.29 is 14.3 Å². The number of hydrogen-bond acceptors (Lipinski definition) is 5. The zero-order chi connectivity index (χ0) is 21.6. The van der Waals surface area contributed by atoms with Crippen molar-refractivity contribution in [2.45, 2.75) is 45.6 Å². The Hall–Kier alpha value is -2.01. The highest BCUT2D eigenvalue weighted by Gasteiger charge is 2.52. The molecule has 0 bridgehead atoms. The number of esters is 1. The third kappa shape index (κ3) is 3.86. The molecule has 4 aliphatic rings. The van der Waals surface area contributed by atoms with Crippen molar-refractivity contribution in [1.29, 1.82) is 0 Å². The number of piperazine rings is 1. The van der Waals surface area contributed by atoms with E-state index in [-0.39, 0.29) is 29.3 Å². The van der Waals surface area contributed by atoms with Crippen LogP contribution in [-0.2, 0) is 9.53 Å². The average molecular weight is 425 g/mol. The van der Waals surface area contributed by atoms with E-state index in [9.17, 15) is 4.79 Å². The summed E-state index contributed by atoms with van der Waals surface area (Å²) in [5, 5.41) is 0. The van der Waals surface area contributed by atoms with Crippen molar-refractivity contribution in [3.05, 3.63) is 35.9 Å². The quantitative estimate of drug-likeness (QED) is 0.537. The number of fused-ring (bicyclic) bond motifs is 2. The van der Waals surface area contributed by atoms with E-state index in [0.717, 1.165) is 44.9 Å². The van der Waals surface area contributed by atoms with Crippen LogP contribution in [0.5, 0.6) is 5.75 Å². The van der Waals surface area contributed by atoms with E-state index in [0.29, 0.717) is 5.92 Å². The van der Waals surface area contributed by atoms with Crippen LogP contribution in [0, 0.1) is 23.2 Å². The first-order valence-electron chi connectivity index (χ1n) is 12.0. The maximum absolute atomic E-state index is 12.9. The van der Waals surface area contributed by atoms with Crippen molar-refractivity contribution in [2.24, 2.45) is 23.2 Å². The summed E-state index contributed by atoms with van der Waals surface area (Å²) < 4.78 is 11.2. The first kappa shape index (κ1) is 20.9. The molecular formula is C26H36N2O3. The number of methoxy groups -OCH3 is 1. The molecule has 5 nitrogen and oxygen atoms in total. The summed E-state index contributed by atoms with van der Waals surface area (Å²) in [6, 6.07) is 8.30. The maximum Gasteiger partial charge on any atom is 0.311 e. The predicted octanol–water partition coefficient (Wildman–Crippen LogP) is 4.13. The molecule has 2 aliphatic heterocycles. The number of nitrogens with zero attached hydrogens (tertiary/aromatic N) is 2. The lowest BCUT2D eigenvalue weighted by Crippen LogP contribution is -2.49. The second kappa shape index (κ2) is 8.16. The molecule has 0 amide bonds. The number of rotatable bonds is 4. The summed E-state index contributed by atoms with van der Waals surface area (Å²) in [7, 11) is 1.70. The van der Waals surface area contributed by atoms with Crippen LogP contribution in [0.3, 0.4) is 0 Å². The average Bonchev–Trinajstić information content (AvgIpc) is 3.06. The fourth-order valence-corrected chi connectivity index (χ4v) is 6.52. The van der Waals surface area contributed by atoms with E-state index in [1.807, 2.05) is 12.1 Å². The van der Waals surface area contributed by atoms with Crippen molar-refractivity contribution >= 4 is 11.7 Å². The molecule has 2 heterocycles. The molecule has 1 saturated carbocycles. The lowest BCUT2D eigenvalue weighted by atomic mass is 9.59. The summed E-state index contributed by atoms with van der Waals surface area (Å²) >= 11 is 0. The van der Waals surface area contributed by atoms with Gasteiger partial charge in [-0.1, -0.05) is 31.9 Å². The predicted molar refractivity (Wildman–Crippen MR) is 122 cm³/mol. The maximum atomic E-state index is 12.9. The topological polar surface area (TPSA) is 42.0 Å². The number of allylic oxidation sites excluding steroid dienone is 1. The number of carbonyl (C=O) groups excluding carboxylic acids is 1. The molecule has 0 spiro atoms. The van der Waals surface area contributed by atoms with Gasteiger partial charge >= 0.3 is 5.97 Å². The molecule has 5 rings (SSSR count). The first-order chi connectivity index (χ1) is 15.0. The summed E-state index contributed by atoms with van der Waals surface area (Å²) in [6.45, 7) is 9.52. The molecule has 31 heavy (non-hydrogen) atoms. The van der Waals surface area contributed by atoms with Gasteiger partial charge in [0, 0.05) is 44.3 Å². The van der Waals surface area contributed by atoms with Gasteiger partial charge in [-0.3, -0.25) is 9.69 Å². The van der Waals surface area contributed by atoms with Crippen molar-refractivity contribution in [1.82, 2.24) is 4.90 Å². The van der Waals surface area contributed by atoms with Crippen LogP contribution in [0.1, 0.15) is 39.5 Å². The fraction of sp³-hybridized carbons (Fsp3) is 0.654. The molecule has 3 fully saturated rings. The second-order valence-corrected chi connectivity index (χ2v) is 10.3. The molecular weight excluding hydrogens is 388 g/mol. The Kier molecular flexibility index (Phi) is 5.49. The van der Waals surface area contributed by atoms with E-state index < -0.39 is 0 Å². The van der Waals surface area contributed by atoms with E-state index in [1.165, 1.54) is 24.9 Å². The van der Waals surface area contributed by atoms with Gasteiger partial charge in [-0.25, -0.2) is 0 Å². The van der Waals surface area contributed by atoms with Gasteiger partial charge < -0.3 is 14.4 Å². The summed E-state index contributed by atoms with van der Waals surface area (Å²) in [5.74, 6) is 1.81. The lowest BCUT2D eigenvalue weighted by molar-refractivity contribution is -0.145. The van der Waals surface area contributed by atoms with Crippen LogP contribution in [0.4, 0.5) is 5.69 Å². The molecule has 2 saturated heterocycles. The standard InChI is InChI=1S/C26H36N2O3/c1-18-5-4-10-26(2)16-24-21(15-23(18)26)22(25(29)31-24)17-27-11-13-28(14-12-27)19-6-8-20(30-3)9-7-19/h6-9,15,18,21-22,24H,4-5,10-14,16-17H2,1-3H3. The summed E-state index contributed by atoms with van der Waals surface area (Å²) in [4.78, 5) is 17.7. The SMILES string of the molecule is COc1ccc(N2CCN(CC3C(=O)OC4CC5(C)CCCC(C)C5=CC43)CC2)cc1. The minimum absolute atomic E-state index is 0.0105. The molecule has 0 aromatic heterocycles. The van der Waals surface area contributed by atoms with Crippen LogP contribution >= 0.6 is 0 Å². The van der Waals surface area contributed by atoms with Crippen LogP contribution in [-0.4, -0.2) is 56.8 Å². The smallest absolute Gasteiger partial charge is 0.311 e. The minimum Gasteiger partial charge on any atom is -0.497 e. The Morgan fingerprint density at radius 1 is 1.16 bits per heavy atom. The second-order valence-electron chi connectivity index (χ2n) is 10.3. The monoisotopic (exact) mass is 424 g/mol. The highest BCUT2D eigenvalue weighted by molar-refractivity contribution is 5.76. The zero-order valence-corrected chi connectivity index (χ0v) is 19.2. The molecule has 1 aromatic carbocycles. The highest BCUT2D eigenvalue weighted by atomic mass is 16.6. The van der Waals surface area contributed by atoms with Crippen LogP contribution in [0.25, 0.3) is 0 Å². The van der Waals surface area contributed by atoms with E-state index in [1.54, 1.807) is 12.7 Å². The lowest BCUT2D eigenvalue weighted by Gasteiger charge is -2.46. The third-order valence-electron chi connectivity index (χ3n) is 8.35. The number of carbonyl (C=O) groups is 1. The van der Waals surface area contributed by atoms with Crippen LogP contribution in [0.15, 0.2) is 35.9 Å². The fourth-order valence-electron chi connectivity index (χ4n) is 6.52. The number of benzene rings is 1. The van der Waals surface area contributed by atoms with Crippen molar-refractivity contribution in [2.75, 3.05) is 44.7 Å². The molecule has 0 N–H and O–H groups in total. The highest BCUT2D eigenvalue weighted by Crippen LogP contribution is 2.54. The van der Waals surface area contributed by atoms with Gasteiger partial charge in [-0.05, 0) is 54.9 Å². The van der Waals surface area contributed by atoms with Crippen LogP contribution in [0.2, 0.25) is 0 Å². The minimum atomic E-state index is -0.0105. The molecule has 168 valence electrons. The van der Waals surface area contributed by atoms with Gasteiger partial charge in [0.05, 0.1) is 13.0 Å². The Bertz CT molecular complexity index is 843. The van der Waals surface area contributed by atoms with Crippen molar-refractivity contribution in [3.8, 4) is 5.75 Å². The van der Waals surface area contributed by atoms with Gasteiger partial charge in [-0.2, -0.15) is 0 Å². The van der Waals surface area contributed by atoms with Gasteiger partial charge in [0.2, 0.25) is 0 Å². The normalized spacial score (nSPS) is 35.8. The van der Waals surface area contributed by atoms with Crippen LogP contribution < -0.4 is 9.64 Å². The molecule has 5 heteroatoms. The Morgan fingerprint density at radius 3 is 2.61 bits per heavy atom. The Balaban J connectivity index is 1.24. The van der Waals surface area contributed by atoms with Gasteiger partial charge in [0.15, 0.2) is 0 Å². The summed E-state index contributed by atoms with van der Waals surface area (Å²) in [6.07, 6.45) is 7.38. The first-order valence-corrected chi connectivity index (χ1v) is 12.0. The van der Waals surface area contributed by atoms with Crippen molar-refractivity contribution in [3.63, 3.8) is 0 Å². The number of anilines is 1. The molecule has 5 unspecified atom stereocenters. The van der Waals surface area contributed by atoms with Gasteiger partial charge in [0.1, 0.15) is 11.9 Å². The molecule has 2 aliphatic carbocycles. The zero-order valence-electron chi connectivity index (χ0n) is 19.2. The molecule has 1 aromatic rings. The Labute approximate surface area is 186 Å². The van der Waals surface area contributed by atoms with E-state index in [4.69, 9.17) is 9.47 Å².